The van der Waals surface area contributed by atoms with Crippen LogP contribution in [-0.2, 0) is 6.54 Å². The van der Waals surface area contributed by atoms with Gasteiger partial charge in [0.15, 0.2) is 0 Å². The number of nitrogens with one attached hydrogen (secondary N) is 1. The third-order valence-corrected chi connectivity index (χ3v) is 5.83. The van der Waals surface area contributed by atoms with Gasteiger partial charge in [-0.1, -0.05) is 30.3 Å². The number of aromatic nitrogens is 2. The van der Waals surface area contributed by atoms with Crippen LogP contribution in [0.5, 0.6) is 0 Å². The van der Waals surface area contributed by atoms with E-state index in [0.717, 1.165) is 22.3 Å². The molecule has 6 heteroatoms. The van der Waals surface area contributed by atoms with Crippen LogP contribution in [0.15, 0.2) is 57.4 Å². The molecule has 4 rings (SSSR count). The first kappa shape index (κ1) is 18.0. The van der Waals surface area contributed by atoms with Crippen LogP contribution in [0, 0.1) is 25.2 Å². The number of hydrogen-bond donors (Lipinski definition) is 1. The van der Waals surface area contributed by atoms with Crippen LogP contribution >= 0.6 is 11.3 Å². The summed E-state index contributed by atoms with van der Waals surface area (Å²) < 4.78 is 1.19. The minimum Gasteiger partial charge on any atom is -0.298 e. The number of thiophene rings is 1. The molecule has 2 aromatic heterocycles. The van der Waals surface area contributed by atoms with Crippen molar-refractivity contribution in [1.82, 2.24) is 9.55 Å². The van der Waals surface area contributed by atoms with Crippen molar-refractivity contribution in [3.8, 4) is 17.2 Å². The van der Waals surface area contributed by atoms with Crippen molar-refractivity contribution in [1.29, 1.82) is 5.26 Å². The molecule has 0 saturated heterocycles. The van der Waals surface area contributed by atoms with Crippen molar-refractivity contribution in [2.75, 3.05) is 0 Å². The van der Waals surface area contributed by atoms with E-state index in [1.807, 2.05) is 31.4 Å². The van der Waals surface area contributed by atoms with Crippen LogP contribution in [0.2, 0.25) is 0 Å². The molecule has 2 heterocycles. The van der Waals surface area contributed by atoms with Crippen molar-refractivity contribution in [2.24, 2.45) is 0 Å². The van der Waals surface area contributed by atoms with E-state index in [2.05, 4.69) is 17.1 Å². The summed E-state index contributed by atoms with van der Waals surface area (Å²) in [5, 5.41) is 11.5. The van der Waals surface area contributed by atoms with E-state index >= 15 is 0 Å². The van der Waals surface area contributed by atoms with Gasteiger partial charge in [-0.3, -0.25) is 14.3 Å². The molecule has 1 N–H and O–H groups in total. The van der Waals surface area contributed by atoms with Gasteiger partial charge in [0.1, 0.15) is 4.83 Å². The number of aryl methyl sites for hydroxylation is 2. The number of H-pyrrole nitrogens is 1. The zero-order valence-corrected chi connectivity index (χ0v) is 16.3. The monoisotopic (exact) mass is 387 g/mol. The van der Waals surface area contributed by atoms with E-state index < -0.39 is 5.69 Å². The van der Waals surface area contributed by atoms with Gasteiger partial charge < -0.3 is 0 Å². The third-order valence-electron chi connectivity index (χ3n) is 4.93. The van der Waals surface area contributed by atoms with Gasteiger partial charge in [0, 0.05) is 10.9 Å². The maximum atomic E-state index is 13.2. The maximum absolute atomic E-state index is 13.2. The molecule has 0 bridgehead atoms. The van der Waals surface area contributed by atoms with Gasteiger partial charge in [0.2, 0.25) is 0 Å². The predicted molar refractivity (Wildman–Crippen MR) is 112 cm³/mol. The summed E-state index contributed by atoms with van der Waals surface area (Å²) in [5.74, 6) is 0. The summed E-state index contributed by atoms with van der Waals surface area (Å²) in [7, 11) is 0. The molecule has 0 spiro atoms. The summed E-state index contributed by atoms with van der Waals surface area (Å²) >= 11 is 1.36. The number of nitriles is 1. The number of hydrogen-bond acceptors (Lipinski definition) is 4. The molecule has 0 saturated carbocycles. The quantitative estimate of drug-likeness (QED) is 0.578. The van der Waals surface area contributed by atoms with E-state index in [-0.39, 0.29) is 12.1 Å². The molecule has 0 amide bonds. The Balaban J connectivity index is 1.89. The largest absolute Gasteiger partial charge is 0.329 e. The molecule has 0 unspecified atom stereocenters. The molecular formula is C22H17N3O2S. The SMILES string of the molecule is Cc1ccc(-c2csc3[nH]c(=O)n(Cc4cccc(C#N)c4)c(=O)c23)cc1C. The van der Waals surface area contributed by atoms with Crippen LogP contribution in [-0.4, -0.2) is 9.55 Å². The van der Waals surface area contributed by atoms with Crippen LogP contribution in [0.4, 0.5) is 0 Å². The fourth-order valence-corrected chi connectivity index (χ4v) is 4.19. The van der Waals surface area contributed by atoms with Gasteiger partial charge in [0.25, 0.3) is 5.56 Å². The molecule has 0 aliphatic carbocycles. The summed E-state index contributed by atoms with van der Waals surface area (Å²) in [4.78, 5) is 29.1. The maximum Gasteiger partial charge on any atom is 0.329 e. The van der Waals surface area contributed by atoms with Crippen molar-refractivity contribution < 1.29 is 0 Å². The summed E-state index contributed by atoms with van der Waals surface area (Å²) in [6.07, 6.45) is 0. The van der Waals surface area contributed by atoms with E-state index in [4.69, 9.17) is 5.26 Å². The zero-order chi connectivity index (χ0) is 19.8. The second-order valence-corrected chi connectivity index (χ2v) is 7.67. The minimum absolute atomic E-state index is 0.113. The molecular weight excluding hydrogens is 370 g/mol. The molecule has 0 fully saturated rings. The Labute approximate surface area is 165 Å². The Bertz CT molecular complexity index is 1370. The van der Waals surface area contributed by atoms with Gasteiger partial charge in [-0.15, -0.1) is 11.3 Å². The Morgan fingerprint density at radius 3 is 2.68 bits per heavy atom. The summed E-state index contributed by atoms with van der Waals surface area (Å²) in [6, 6.07) is 15.1. The highest BCUT2D eigenvalue weighted by Crippen LogP contribution is 2.31. The van der Waals surface area contributed by atoms with Crippen molar-refractivity contribution in [2.45, 2.75) is 20.4 Å². The van der Waals surface area contributed by atoms with E-state index in [1.54, 1.807) is 24.3 Å². The van der Waals surface area contributed by atoms with E-state index in [9.17, 15) is 9.59 Å². The van der Waals surface area contributed by atoms with E-state index in [0.29, 0.717) is 15.8 Å². The smallest absolute Gasteiger partial charge is 0.298 e. The Kier molecular flexibility index (Phi) is 4.46. The Hall–Kier alpha value is -3.43. The third kappa shape index (κ3) is 3.06. The molecule has 28 heavy (non-hydrogen) atoms. The number of fused-ring (bicyclic) bond motifs is 1. The first-order chi connectivity index (χ1) is 13.5. The first-order valence-electron chi connectivity index (χ1n) is 8.79. The molecule has 2 aromatic carbocycles. The number of rotatable bonds is 3. The van der Waals surface area contributed by atoms with Crippen LogP contribution in [0.1, 0.15) is 22.3 Å². The zero-order valence-electron chi connectivity index (χ0n) is 15.4. The molecule has 0 atom stereocenters. The first-order valence-corrected chi connectivity index (χ1v) is 9.67. The number of aromatic amines is 1. The van der Waals surface area contributed by atoms with Crippen LogP contribution in [0.25, 0.3) is 21.3 Å². The van der Waals surface area contributed by atoms with Crippen molar-refractivity contribution >= 4 is 21.6 Å². The second kappa shape index (κ2) is 6.95. The molecule has 5 nitrogen and oxygen atoms in total. The van der Waals surface area contributed by atoms with Crippen LogP contribution in [0.3, 0.4) is 0 Å². The van der Waals surface area contributed by atoms with Gasteiger partial charge in [-0.25, -0.2) is 4.79 Å². The summed E-state index contributed by atoms with van der Waals surface area (Å²) in [6.45, 7) is 4.20. The molecule has 0 aliphatic rings. The number of nitrogens with zero attached hydrogens (tertiary/aromatic N) is 2. The lowest BCUT2D eigenvalue weighted by atomic mass is 10.0. The highest BCUT2D eigenvalue weighted by atomic mass is 32.1. The highest BCUT2D eigenvalue weighted by Gasteiger charge is 2.15. The molecule has 0 aliphatic heterocycles. The predicted octanol–water partition coefficient (Wildman–Crippen LogP) is 3.96. The normalized spacial score (nSPS) is 10.9. The lowest BCUT2D eigenvalue weighted by Gasteiger charge is -2.07. The Morgan fingerprint density at radius 2 is 1.93 bits per heavy atom. The lowest BCUT2D eigenvalue weighted by molar-refractivity contribution is 0.713. The minimum atomic E-state index is -0.451. The molecule has 0 radical (unpaired) electrons. The fraction of sp³-hybridized carbons (Fsp3) is 0.136. The lowest BCUT2D eigenvalue weighted by Crippen LogP contribution is -2.35. The van der Waals surface area contributed by atoms with Crippen LogP contribution < -0.4 is 11.2 Å². The van der Waals surface area contributed by atoms with Crippen molar-refractivity contribution in [3.05, 3.63) is 90.9 Å². The van der Waals surface area contributed by atoms with Gasteiger partial charge >= 0.3 is 5.69 Å². The van der Waals surface area contributed by atoms with Gasteiger partial charge in [-0.05, 0) is 48.2 Å². The average Bonchev–Trinajstić information content (AvgIpc) is 3.11. The molecule has 4 aromatic rings. The summed E-state index contributed by atoms with van der Waals surface area (Å²) in [5.41, 5.74) is 4.56. The number of benzene rings is 2. The topological polar surface area (TPSA) is 78.7 Å². The van der Waals surface area contributed by atoms with Gasteiger partial charge in [0.05, 0.1) is 23.6 Å². The Morgan fingerprint density at radius 1 is 1.11 bits per heavy atom. The average molecular weight is 387 g/mol. The fourth-order valence-electron chi connectivity index (χ4n) is 3.24. The van der Waals surface area contributed by atoms with Gasteiger partial charge in [-0.2, -0.15) is 5.26 Å². The highest BCUT2D eigenvalue weighted by molar-refractivity contribution is 7.17. The van der Waals surface area contributed by atoms with E-state index in [1.165, 1.54) is 21.5 Å². The molecule has 138 valence electrons. The van der Waals surface area contributed by atoms with Crippen molar-refractivity contribution in [3.63, 3.8) is 0 Å². The standard InChI is InChI=1S/C22H17N3O2S/c1-13-6-7-17(8-14(13)2)18-12-28-20-19(18)21(26)25(22(27)24-20)11-16-5-3-4-15(9-16)10-23/h3-9,12H,11H2,1-2H3,(H,24,27). The second-order valence-electron chi connectivity index (χ2n) is 6.79.